The van der Waals surface area contributed by atoms with Crippen molar-refractivity contribution < 1.29 is 0 Å². The van der Waals surface area contributed by atoms with E-state index in [9.17, 15) is 0 Å². The number of nitrogens with zero attached hydrogens (tertiary/aromatic N) is 5. The molecule has 0 atom stereocenters. The summed E-state index contributed by atoms with van der Waals surface area (Å²) < 4.78 is 0. The molecule has 1 aliphatic rings. The van der Waals surface area contributed by atoms with Gasteiger partial charge in [0.2, 0.25) is 11.9 Å². The van der Waals surface area contributed by atoms with Crippen LogP contribution >= 0.6 is 0 Å². The highest BCUT2D eigenvalue weighted by Gasteiger charge is 2.16. The number of nitrogens with one attached hydrogen (secondary N) is 2. The summed E-state index contributed by atoms with van der Waals surface area (Å²) in [6.45, 7) is 7.82. The van der Waals surface area contributed by atoms with Gasteiger partial charge < -0.3 is 9.88 Å². The lowest BCUT2D eigenvalue weighted by Gasteiger charge is -2.26. The molecule has 7 heteroatoms. The van der Waals surface area contributed by atoms with Gasteiger partial charge in [0.15, 0.2) is 0 Å². The largest absolute Gasteiger partial charge is 0.361 e. The number of aryl methyl sites for hydroxylation is 2. The maximum absolute atomic E-state index is 4.79. The standard InChI is InChI=1S/C27H33N7/c1-3-12-23-22(19-28-24(23)4-2)20-29-33-26-30-25(16-11-15-21-13-7-5-8-14-21)31-27(32-26)34-17-9-6-10-18-34/h3-5,7-8,12-14,19-20,28H,2,6,9-11,15-18H2,1H3,(H,30,31,32,33)/b12-3-,29-20+. The Hall–Kier alpha value is -3.74. The van der Waals surface area contributed by atoms with Crippen LogP contribution in [-0.2, 0) is 12.8 Å². The van der Waals surface area contributed by atoms with Crippen molar-refractivity contribution in [3.63, 3.8) is 0 Å². The maximum atomic E-state index is 4.79. The smallest absolute Gasteiger partial charge is 0.248 e. The first-order valence-corrected chi connectivity index (χ1v) is 12.1. The van der Waals surface area contributed by atoms with E-state index in [2.05, 4.69) is 61.2 Å². The second-order valence-electron chi connectivity index (χ2n) is 8.41. The van der Waals surface area contributed by atoms with Crippen LogP contribution < -0.4 is 10.3 Å². The van der Waals surface area contributed by atoms with Crippen molar-refractivity contribution in [3.05, 3.63) is 77.4 Å². The summed E-state index contributed by atoms with van der Waals surface area (Å²) in [5.41, 5.74) is 7.35. The number of hydrogen-bond acceptors (Lipinski definition) is 6. The van der Waals surface area contributed by atoms with E-state index in [-0.39, 0.29) is 0 Å². The molecule has 4 rings (SSSR count). The van der Waals surface area contributed by atoms with Crippen LogP contribution in [0.4, 0.5) is 11.9 Å². The van der Waals surface area contributed by atoms with Crippen LogP contribution in [0, 0.1) is 0 Å². The molecular formula is C27H33N7. The minimum Gasteiger partial charge on any atom is -0.361 e. The highest BCUT2D eigenvalue weighted by molar-refractivity contribution is 5.88. The van der Waals surface area contributed by atoms with Crippen molar-refractivity contribution in [2.45, 2.75) is 45.4 Å². The molecule has 0 spiro atoms. The first-order chi connectivity index (χ1) is 16.8. The van der Waals surface area contributed by atoms with E-state index in [1.165, 1.54) is 24.8 Å². The van der Waals surface area contributed by atoms with Gasteiger partial charge in [0, 0.05) is 42.5 Å². The first-order valence-electron chi connectivity index (χ1n) is 12.1. The molecule has 0 radical (unpaired) electrons. The number of aromatic amines is 1. The van der Waals surface area contributed by atoms with Gasteiger partial charge in [-0.2, -0.15) is 20.1 Å². The number of anilines is 2. The van der Waals surface area contributed by atoms with Gasteiger partial charge in [-0.1, -0.05) is 49.1 Å². The molecule has 0 bridgehead atoms. The summed E-state index contributed by atoms with van der Waals surface area (Å²) in [7, 11) is 0. The zero-order valence-electron chi connectivity index (χ0n) is 19.9. The second kappa shape index (κ2) is 11.9. The molecule has 0 saturated carbocycles. The fraction of sp³-hybridized carbons (Fsp3) is 0.333. The molecule has 1 fully saturated rings. The minimum absolute atomic E-state index is 0.480. The van der Waals surface area contributed by atoms with Crippen molar-refractivity contribution in [2.24, 2.45) is 5.10 Å². The van der Waals surface area contributed by atoms with E-state index < -0.39 is 0 Å². The Morgan fingerprint density at radius 3 is 2.68 bits per heavy atom. The van der Waals surface area contributed by atoms with E-state index in [4.69, 9.17) is 4.98 Å². The number of hydrazone groups is 1. The van der Waals surface area contributed by atoms with E-state index in [1.807, 2.05) is 31.3 Å². The molecule has 2 aromatic heterocycles. The van der Waals surface area contributed by atoms with Crippen LogP contribution in [0.2, 0.25) is 0 Å². The molecule has 2 N–H and O–H groups in total. The number of aromatic nitrogens is 4. The van der Waals surface area contributed by atoms with Gasteiger partial charge in [0.25, 0.3) is 0 Å². The van der Waals surface area contributed by atoms with E-state index >= 15 is 0 Å². The van der Waals surface area contributed by atoms with Gasteiger partial charge in [0.05, 0.1) is 6.21 Å². The molecule has 0 amide bonds. The zero-order chi connectivity index (χ0) is 23.6. The Morgan fingerprint density at radius 1 is 1.09 bits per heavy atom. The predicted octanol–water partition coefficient (Wildman–Crippen LogP) is 5.49. The van der Waals surface area contributed by atoms with Crippen LogP contribution in [0.1, 0.15) is 60.8 Å². The quantitative estimate of drug-likeness (QED) is 0.312. The van der Waals surface area contributed by atoms with Gasteiger partial charge in [0.1, 0.15) is 5.82 Å². The summed E-state index contributed by atoms with van der Waals surface area (Å²) in [5, 5.41) is 4.42. The van der Waals surface area contributed by atoms with Gasteiger partial charge in [-0.25, -0.2) is 5.43 Å². The molecular weight excluding hydrogens is 422 g/mol. The number of piperidine rings is 1. The van der Waals surface area contributed by atoms with E-state index in [0.717, 1.165) is 60.9 Å². The highest BCUT2D eigenvalue weighted by Crippen LogP contribution is 2.19. The third-order valence-electron chi connectivity index (χ3n) is 5.91. The van der Waals surface area contributed by atoms with Crippen LogP contribution in [0.3, 0.4) is 0 Å². The topological polar surface area (TPSA) is 82.1 Å². The number of H-pyrrole nitrogens is 1. The van der Waals surface area contributed by atoms with Crippen molar-refractivity contribution >= 4 is 30.3 Å². The van der Waals surface area contributed by atoms with Crippen LogP contribution in [-0.4, -0.2) is 39.2 Å². The number of benzene rings is 1. The number of rotatable bonds is 10. The van der Waals surface area contributed by atoms with Crippen molar-refractivity contribution in [2.75, 3.05) is 23.4 Å². The molecule has 176 valence electrons. The monoisotopic (exact) mass is 455 g/mol. The van der Waals surface area contributed by atoms with Crippen LogP contribution in [0.5, 0.6) is 0 Å². The molecule has 3 aromatic rings. The van der Waals surface area contributed by atoms with Crippen molar-refractivity contribution in [1.29, 1.82) is 0 Å². The van der Waals surface area contributed by atoms with Crippen LogP contribution in [0.15, 0.2) is 54.3 Å². The summed E-state index contributed by atoms with van der Waals surface area (Å²) in [4.78, 5) is 19.6. The fourth-order valence-electron chi connectivity index (χ4n) is 4.15. The molecule has 1 saturated heterocycles. The average Bonchev–Trinajstić information content (AvgIpc) is 3.27. The molecule has 1 aromatic carbocycles. The Bertz CT molecular complexity index is 1130. The van der Waals surface area contributed by atoms with E-state index in [0.29, 0.717) is 5.95 Å². The molecule has 7 nitrogen and oxygen atoms in total. The van der Waals surface area contributed by atoms with Gasteiger partial charge in [-0.3, -0.25) is 0 Å². The Morgan fingerprint density at radius 2 is 1.91 bits per heavy atom. The van der Waals surface area contributed by atoms with Gasteiger partial charge in [-0.15, -0.1) is 0 Å². The fourth-order valence-corrected chi connectivity index (χ4v) is 4.15. The third kappa shape index (κ3) is 6.19. The normalized spacial score (nSPS) is 14.2. The number of allylic oxidation sites excluding steroid dienone is 1. The maximum Gasteiger partial charge on any atom is 0.248 e. The van der Waals surface area contributed by atoms with Crippen molar-refractivity contribution in [3.8, 4) is 0 Å². The van der Waals surface area contributed by atoms with Gasteiger partial charge in [-0.05, 0) is 50.7 Å². The Balaban J connectivity index is 1.49. The first kappa shape index (κ1) is 23.4. The second-order valence-corrected chi connectivity index (χ2v) is 8.41. The SMILES string of the molecule is C=Cc1[nH]cc(/C=N/Nc2nc(CCCc3ccccc3)nc(N3CCCCC3)n2)c1/C=C\C. The van der Waals surface area contributed by atoms with Gasteiger partial charge >= 0.3 is 0 Å². The van der Waals surface area contributed by atoms with E-state index in [1.54, 1.807) is 12.3 Å². The van der Waals surface area contributed by atoms with Crippen molar-refractivity contribution in [1.82, 2.24) is 19.9 Å². The summed E-state index contributed by atoms with van der Waals surface area (Å²) in [6.07, 6.45) is 15.9. The molecule has 1 aliphatic heterocycles. The highest BCUT2D eigenvalue weighted by atomic mass is 15.4. The lowest BCUT2D eigenvalue weighted by Crippen LogP contribution is -2.31. The third-order valence-corrected chi connectivity index (χ3v) is 5.91. The lowest BCUT2D eigenvalue weighted by molar-refractivity contribution is 0.565. The predicted molar refractivity (Wildman–Crippen MR) is 141 cm³/mol. The Labute approximate surface area is 201 Å². The molecule has 0 aliphatic carbocycles. The average molecular weight is 456 g/mol. The molecule has 3 heterocycles. The van der Waals surface area contributed by atoms with Crippen LogP contribution in [0.25, 0.3) is 12.2 Å². The lowest BCUT2D eigenvalue weighted by atomic mass is 10.1. The zero-order valence-corrected chi connectivity index (χ0v) is 19.9. The molecule has 0 unspecified atom stereocenters. The minimum atomic E-state index is 0.480. The summed E-state index contributed by atoms with van der Waals surface area (Å²) in [5.74, 6) is 2.02. The summed E-state index contributed by atoms with van der Waals surface area (Å²) in [6, 6.07) is 10.5. The number of hydrogen-bond donors (Lipinski definition) is 2. The Kier molecular flexibility index (Phi) is 8.22. The summed E-state index contributed by atoms with van der Waals surface area (Å²) >= 11 is 0. The molecule has 34 heavy (non-hydrogen) atoms.